The van der Waals surface area contributed by atoms with E-state index in [1.54, 1.807) is 29.2 Å². The maximum Gasteiger partial charge on any atom is 0.248 e. The van der Waals surface area contributed by atoms with Crippen LogP contribution in [0.2, 0.25) is 5.02 Å². The van der Waals surface area contributed by atoms with E-state index in [0.717, 1.165) is 29.1 Å². The van der Waals surface area contributed by atoms with Gasteiger partial charge in [-0.1, -0.05) is 29.8 Å². The SMILES string of the molecule is Cc1nn(-c2ccccc2)c(C)c1/C=C/C(=O)Nc1ccc(N2CCCC2=O)c(Cl)c1. The Morgan fingerprint density at radius 3 is 2.61 bits per heavy atom. The lowest BCUT2D eigenvalue weighted by Crippen LogP contribution is -2.24. The third-order valence-corrected chi connectivity index (χ3v) is 5.63. The Balaban J connectivity index is 1.47. The Kier molecular flexibility index (Phi) is 5.91. The van der Waals surface area contributed by atoms with Crippen molar-refractivity contribution < 1.29 is 9.59 Å². The fourth-order valence-corrected chi connectivity index (χ4v) is 4.05. The van der Waals surface area contributed by atoms with Gasteiger partial charge >= 0.3 is 0 Å². The molecule has 2 heterocycles. The zero-order valence-corrected chi connectivity index (χ0v) is 18.2. The molecule has 2 amide bonds. The number of carbonyl (C=O) groups excluding carboxylic acids is 2. The third kappa shape index (κ3) is 4.39. The van der Waals surface area contributed by atoms with Crippen LogP contribution in [0.25, 0.3) is 11.8 Å². The number of anilines is 2. The molecule has 2 aromatic carbocycles. The Morgan fingerprint density at radius 2 is 1.94 bits per heavy atom. The smallest absolute Gasteiger partial charge is 0.248 e. The number of carbonyl (C=O) groups is 2. The fourth-order valence-electron chi connectivity index (χ4n) is 3.77. The number of amides is 2. The summed E-state index contributed by atoms with van der Waals surface area (Å²) in [7, 11) is 0. The van der Waals surface area contributed by atoms with Crippen molar-refractivity contribution in [2.45, 2.75) is 26.7 Å². The van der Waals surface area contributed by atoms with Crippen LogP contribution < -0.4 is 10.2 Å². The first-order valence-corrected chi connectivity index (χ1v) is 10.5. The van der Waals surface area contributed by atoms with Crippen LogP contribution in [0.3, 0.4) is 0 Å². The van der Waals surface area contributed by atoms with Gasteiger partial charge in [0.15, 0.2) is 0 Å². The number of aromatic nitrogens is 2. The van der Waals surface area contributed by atoms with E-state index in [2.05, 4.69) is 10.4 Å². The molecular formula is C24H23ClN4O2. The second-order valence-corrected chi connectivity index (χ2v) is 7.88. The number of hydrogen-bond donors (Lipinski definition) is 1. The molecule has 0 unspecified atom stereocenters. The molecule has 0 bridgehead atoms. The van der Waals surface area contributed by atoms with Crippen LogP contribution in [0, 0.1) is 13.8 Å². The summed E-state index contributed by atoms with van der Waals surface area (Å²) >= 11 is 6.36. The number of rotatable bonds is 5. The van der Waals surface area contributed by atoms with Crippen molar-refractivity contribution in [1.82, 2.24) is 9.78 Å². The van der Waals surface area contributed by atoms with E-state index in [1.165, 1.54) is 6.08 Å². The van der Waals surface area contributed by atoms with Crippen molar-refractivity contribution in [1.29, 1.82) is 0 Å². The molecule has 1 aliphatic heterocycles. The van der Waals surface area contributed by atoms with E-state index < -0.39 is 0 Å². The Labute approximate surface area is 186 Å². The lowest BCUT2D eigenvalue weighted by Gasteiger charge is -2.17. The van der Waals surface area contributed by atoms with Gasteiger partial charge in [0.05, 0.1) is 22.1 Å². The maximum atomic E-state index is 12.5. The van der Waals surface area contributed by atoms with Gasteiger partial charge in [-0.2, -0.15) is 5.10 Å². The van der Waals surface area contributed by atoms with Crippen LogP contribution in [0.4, 0.5) is 11.4 Å². The van der Waals surface area contributed by atoms with E-state index in [9.17, 15) is 9.59 Å². The van der Waals surface area contributed by atoms with Crippen LogP contribution in [-0.4, -0.2) is 28.1 Å². The first kappa shape index (κ1) is 20.9. The number of para-hydroxylation sites is 1. The van der Waals surface area contributed by atoms with Gasteiger partial charge in [0.2, 0.25) is 11.8 Å². The zero-order valence-electron chi connectivity index (χ0n) is 17.4. The predicted octanol–water partition coefficient (Wildman–Crippen LogP) is 4.92. The highest BCUT2D eigenvalue weighted by molar-refractivity contribution is 6.34. The highest BCUT2D eigenvalue weighted by Gasteiger charge is 2.23. The molecule has 158 valence electrons. The molecule has 1 N–H and O–H groups in total. The molecule has 1 fully saturated rings. The van der Waals surface area contributed by atoms with Crippen molar-refractivity contribution in [2.24, 2.45) is 0 Å². The van der Waals surface area contributed by atoms with Crippen LogP contribution in [0.15, 0.2) is 54.6 Å². The minimum Gasteiger partial charge on any atom is -0.322 e. The molecule has 0 radical (unpaired) electrons. The maximum absolute atomic E-state index is 12.5. The summed E-state index contributed by atoms with van der Waals surface area (Å²) in [5, 5.41) is 7.85. The summed E-state index contributed by atoms with van der Waals surface area (Å²) in [6, 6.07) is 15.0. The standard InChI is InChI=1S/C24H23ClN4O2/c1-16-20(17(2)29(27-16)19-7-4-3-5-8-19)11-13-23(30)26-18-10-12-22(21(25)15-18)28-14-6-9-24(28)31/h3-5,7-8,10-13,15H,6,9,14H2,1-2H3,(H,26,30)/b13-11+. The number of nitrogens with zero attached hydrogens (tertiary/aromatic N) is 3. The molecule has 31 heavy (non-hydrogen) atoms. The number of benzene rings is 2. The second kappa shape index (κ2) is 8.78. The average Bonchev–Trinajstić information content (AvgIpc) is 3.30. The summed E-state index contributed by atoms with van der Waals surface area (Å²) in [5.41, 5.74) is 4.92. The Bertz CT molecular complexity index is 1170. The summed E-state index contributed by atoms with van der Waals surface area (Å²) in [6.45, 7) is 4.56. The molecule has 1 aromatic heterocycles. The van der Waals surface area contributed by atoms with Gasteiger partial charge in [-0.25, -0.2) is 4.68 Å². The van der Waals surface area contributed by atoms with Crippen LogP contribution in [0.1, 0.15) is 29.8 Å². The van der Waals surface area contributed by atoms with E-state index in [-0.39, 0.29) is 11.8 Å². The quantitative estimate of drug-likeness (QED) is 0.579. The summed E-state index contributed by atoms with van der Waals surface area (Å²) in [6.07, 6.45) is 4.63. The molecule has 1 saturated heterocycles. The monoisotopic (exact) mass is 434 g/mol. The molecule has 1 aliphatic rings. The van der Waals surface area contributed by atoms with Crippen LogP contribution in [-0.2, 0) is 9.59 Å². The molecule has 0 saturated carbocycles. The molecule has 7 heteroatoms. The van der Waals surface area contributed by atoms with Gasteiger partial charge in [0.25, 0.3) is 0 Å². The molecule has 0 spiro atoms. The van der Waals surface area contributed by atoms with Gasteiger partial charge in [-0.05, 0) is 56.7 Å². The summed E-state index contributed by atoms with van der Waals surface area (Å²) < 4.78 is 1.87. The molecule has 0 atom stereocenters. The van der Waals surface area contributed by atoms with Crippen molar-refractivity contribution in [2.75, 3.05) is 16.8 Å². The van der Waals surface area contributed by atoms with Gasteiger partial charge in [-0.15, -0.1) is 0 Å². The van der Waals surface area contributed by atoms with E-state index in [4.69, 9.17) is 11.6 Å². The highest BCUT2D eigenvalue weighted by Crippen LogP contribution is 2.31. The number of halogens is 1. The fraction of sp³-hybridized carbons (Fsp3) is 0.208. The first-order valence-electron chi connectivity index (χ1n) is 10.1. The topological polar surface area (TPSA) is 67.2 Å². The minimum atomic E-state index is -0.271. The van der Waals surface area contributed by atoms with Gasteiger partial charge in [-0.3, -0.25) is 9.59 Å². The first-order chi connectivity index (χ1) is 14.9. The Hall–Kier alpha value is -3.38. The van der Waals surface area contributed by atoms with Gasteiger partial charge in [0.1, 0.15) is 0 Å². The lowest BCUT2D eigenvalue weighted by molar-refractivity contribution is -0.117. The van der Waals surface area contributed by atoms with Gasteiger partial charge in [0, 0.05) is 36.0 Å². The lowest BCUT2D eigenvalue weighted by atomic mass is 10.2. The number of aryl methyl sites for hydroxylation is 1. The molecular weight excluding hydrogens is 412 g/mol. The number of hydrogen-bond acceptors (Lipinski definition) is 3. The Morgan fingerprint density at radius 1 is 1.16 bits per heavy atom. The van der Waals surface area contributed by atoms with E-state index in [1.807, 2.05) is 48.9 Å². The van der Waals surface area contributed by atoms with Crippen molar-refractivity contribution in [3.63, 3.8) is 0 Å². The average molecular weight is 435 g/mol. The van der Waals surface area contributed by atoms with Crippen molar-refractivity contribution >= 4 is 40.9 Å². The molecule has 4 rings (SSSR count). The highest BCUT2D eigenvalue weighted by atomic mass is 35.5. The van der Waals surface area contributed by atoms with Gasteiger partial charge < -0.3 is 10.2 Å². The predicted molar refractivity (Wildman–Crippen MR) is 124 cm³/mol. The molecule has 0 aliphatic carbocycles. The molecule has 6 nitrogen and oxygen atoms in total. The molecule has 3 aromatic rings. The van der Waals surface area contributed by atoms with Crippen LogP contribution >= 0.6 is 11.6 Å². The number of nitrogens with one attached hydrogen (secondary N) is 1. The van der Waals surface area contributed by atoms with Crippen LogP contribution in [0.5, 0.6) is 0 Å². The summed E-state index contributed by atoms with van der Waals surface area (Å²) in [4.78, 5) is 26.1. The van der Waals surface area contributed by atoms with E-state index in [0.29, 0.717) is 29.4 Å². The third-order valence-electron chi connectivity index (χ3n) is 5.33. The minimum absolute atomic E-state index is 0.0726. The van der Waals surface area contributed by atoms with E-state index >= 15 is 0 Å². The normalized spacial score (nSPS) is 13.9. The van der Waals surface area contributed by atoms with Crippen molar-refractivity contribution in [3.05, 3.63) is 76.6 Å². The zero-order chi connectivity index (χ0) is 22.0. The van der Waals surface area contributed by atoms with Crippen molar-refractivity contribution in [3.8, 4) is 5.69 Å². The largest absolute Gasteiger partial charge is 0.322 e. The summed E-state index contributed by atoms with van der Waals surface area (Å²) in [5.74, 6) is -0.198. The second-order valence-electron chi connectivity index (χ2n) is 7.47.